The van der Waals surface area contributed by atoms with E-state index in [0.717, 1.165) is 11.4 Å². The maximum atomic E-state index is 13.1. The van der Waals surface area contributed by atoms with Gasteiger partial charge in [-0.05, 0) is 43.2 Å². The zero-order valence-corrected chi connectivity index (χ0v) is 13.8. The van der Waals surface area contributed by atoms with Crippen LogP contribution in [0.25, 0.3) is 0 Å². The average Bonchev–Trinajstić information content (AvgIpc) is 2.54. The molecule has 2 N–H and O–H groups in total. The Morgan fingerprint density at radius 1 is 1.26 bits per heavy atom. The number of anilines is 1. The number of rotatable bonds is 7. The lowest BCUT2D eigenvalue weighted by molar-refractivity contribution is 0.174. The lowest BCUT2D eigenvalue weighted by Crippen LogP contribution is -2.26. The van der Waals surface area contributed by atoms with Gasteiger partial charge in [-0.25, -0.2) is 9.37 Å². The minimum atomic E-state index is -0.731. The summed E-state index contributed by atoms with van der Waals surface area (Å²) in [5.74, 6) is 0.596. The normalized spacial score (nSPS) is 12.4. The van der Waals surface area contributed by atoms with Gasteiger partial charge in [0.1, 0.15) is 11.6 Å². The van der Waals surface area contributed by atoms with Crippen molar-refractivity contribution < 1.29 is 9.50 Å². The summed E-state index contributed by atoms with van der Waals surface area (Å²) in [6, 6.07) is 10.4. The molecule has 1 aromatic heterocycles. The molecule has 0 radical (unpaired) electrons. The van der Waals surface area contributed by atoms with Gasteiger partial charge in [-0.15, -0.1) is 0 Å². The highest BCUT2D eigenvalue weighted by Crippen LogP contribution is 2.14. The molecule has 0 bridgehead atoms. The topological polar surface area (TPSA) is 48.4 Å². The maximum Gasteiger partial charge on any atom is 0.128 e. The predicted molar refractivity (Wildman–Crippen MR) is 90.8 cm³/mol. The molecule has 124 valence electrons. The molecule has 2 rings (SSSR count). The number of aromatic nitrogens is 1. The molecule has 23 heavy (non-hydrogen) atoms. The van der Waals surface area contributed by atoms with E-state index in [9.17, 15) is 9.50 Å². The number of aliphatic hydroxyl groups excluding tert-OH is 1. The fraction of sp³-hybridized carbons (Fsp3) is 0.389. The van der Waals surface area contributed by atoms with Gasteiger partial charge in [-0.3, -0.25) is 0 Å². The van der Waals surface area contributed by atoms with Gasteiger partial charge < -0.3 is 15.3 Å². The van der Waals surface area contributed by atoms with Gasteiger partial charge in [0.2, 0.25) is 0 Å². The van der Waals surface area contributed by atoms with E-state index in [0.29, 0.717) is 24.7 Å². The molecule has 0 fully saturated rings. The van der Waals surface area contributed by atoms with Crippen molar-refractivity contribution in [2.75, 3.05) is 18.5 Å². The average molecular weight is 317 g/mol. The van der Waals surface area contributed by atoms with Gasteiger partial charge in [0, 0.05) is 32.4 Å². The second-order valence-electron chi connectivity index (χ2n) is 5.93. The first-order valence-electron chi connectivity index (χ1n) is 7.79. The zero-order valence-electron chi connectivity index (χ0n) is 13.8. The van der Waals surface area contributed by atoms with E-state index in [1.165, 1.54) is 12.1 Å². The first kappa shape index (κ1) is 17.4. The first-order valence-corrected chi connectivity index (χ1v) is 7.79. The molecule has 0 aliphatic carbocycles. The molecule has 0 aliphatic rings. The smallest absolute Gasteiger partial charge is 0.128 e. The molecule has 5 heteroatoms. The van der Waals surface area contributed by atoms with Crippen molar-refractivity contribution in [1.29, 1.82) is 0 Å². The van der Waals surface area contributed by atoms with Gasteiger partial charge in [-0.1, -0.05) is 18.2 Å². The Balaban J connectivity index is 1.84. The number of nitrogens with zero attached hydrogens (tertiary/aromatic N) is 2. The Labute approximate surface area is 137 Å². The van der Waals surface area contributed by atoms with Crippen LogP contribution >= 0.6 is 0 Å². The van der Waals surface area contributed by atoms with E-state index in [2.05, 4.69) is 29.0 Å². The summed E-state index contributed by atoms with van der Waals surface area (Å²) in [5, 5.41) is 13.2. The number of hydrogen-bond donors (Lipinski definition) is 2. The summed E-state index contributed by atoms with van der Waals surface area (Å²) in [7, 11) is 2.01. The molecule has 2 aromatic rings. The second-order valence-corrected chi connectivity index (χ2v) is 5.93. The van der Waals surface area contributed by atoms with E-state index >= 15 is 0 Å². The molecule has 1 heterocycles. The minimum Gasteiger partial charge on any atom is -0.387 e. The first-order chi connectivity index (χ1) is 11.0. The molecule has 0 spiro atoms. The van der Waals surface area contributed by atoms with Crippen molar-refractivity contribution in [3.05, 3.63) is 59.5 Å². The van der Waals surface area contributed by atoms with Crippen LogP contribution in [0.15, 0.2) is 42.6 Å². The highest BCUT2D eigenvalue weighted by Gasteiger charge is 2.09. The monoisotopic (exact) mass is 317 g/mol. The van der Waals surface area contributed by atoms with Crippen LogP contribution in [-0.2, 0) is 6.54 Å². The van der Waals surface area contributed by atoms with Crippen LogP contribution in [0.5, 0.6) is 0 Å². The summed E-state index contributed by atoms with van der Waals surface area (Å²) < 4.78 is 13.1. The Morgan fingerprint density at radius 3 is 2.65 bits per heavy atom. The van der Waals surface area contributed by atoms with Crippen LogP contribution in [0, 0.1) is 5.82 Å². The van der Waals surface area contributed by atoms with Crippen LogP contribution in [0.2, 0.25) is 0 Å². The number of benzene rings is 1. The third-order valence-electron chi connectivity index (χ3n) is 3.85. The van der Waals surface area contributed by atoms with Crippen LogP contribution < -0.4 is 10.2 Å². The van der Waals surface area contributed by atoms with E-state index in [1.807, 2.05) is 25.4 Å². The fourth-order valence-corrected chi connectivity index (χ4v) is 2.18. The molecule has 1 atom stereocenters. The fourth-order valence-electron chi connectivity index (χ4n) is 2.18. The second kappa shape index (κ2) is 8.04. The van der Waals surface area contributed by atoms with Crippen molar-refractivity contribution >= 4 is 5.82 Å². The summed E-state index contributed by atoms with van der Waals surface area (Å²) in [4.78, 5) is 6.54. The van der Waals surface area contributed by atoms with E-state index in [-0.39, 0.29) is 5.82 Å². The summed E-state index contributed by atoms with van der Waals surface area (Å²) in [6.07, 6.45) is 1.10. The van der Waals surface area contributed by atoms with E-state index < -0.39 is 6.10 Å². The van der Waals surface area contributed by atoms with Crippen LogP contribution in [0.1, 0.15) is 31.1 Å². The number of pyridine rings is 1. The van der Waals surface area contributed by atoms with E-state index in [1.54, 1.807) is 12.1 Å². The van der Waals surface area contributed by atoms with Crippen LogP contribution in [-0.4, -0.2) is 29.7 Å². The lowest BCUT2D eigenvalue weighted by Gasteiger charge is -2.22. The Hall–Kier alpha value is -1.98. The summed E-state index contributed by atoms with van der Waals surface area (Å²) >= 11 is 0. The Kier molecular flexibility index (Phi) is 6.07. The van der Waals surface area contributed by atoms with Crippen molar-refractivity contribution in [3.63, 3.8) is 0 Å². The van der Waals surface area contributed by atoms with Gasteiger partial charge in [0.15, 0.2) is 0 Å². The number of nitrogens with one attached hydrogen (secondary N) is 1. The third-order valence-corrected chi connectivity index (χ3v) is 3.85. The number of hydrogen-bond acceptors (Lipinski definition) is 4. The molecular formula is C18H24FN3O. The van der Waals surface area contributed by atoms with Crippen molar-refractivity contribution in [2.24, 2.45) is 0 Å². The summed E-state index contributed by atoms with van der Waals surface area (Å²) in [5.41, 5.74) is 1.61. The van der Waals surface area contributed by atoms with Gasteiger partial charge in [-0.2, -0.15) is 0 Å². The standard InChI is InChI=1S/C18H24FN3O/c1-13(2)22(3)18-8-7-14(11-21-18)10-20-12-17(23)15-5-4-6-16(19)9-15/h4-9,11,13,17,20,23H,10,12H2,1-3H3. The summed E-state index contributed by atoms with van der Waals surface area (Å²) in [6.45, 7) is 5.19. The molecule has 0 amide bonds. The molecule has 0 saturated carbocycles. The number of aliphatic hydroxyl groups is 1. The minimum absolute atomic E-state index is 0.337. The van der Waals surface area contributed by atoms with Crippen molar-refractivity contribution in [2.45, 2.75) is 32.5 Å². The highest BCUT2D eigenvalue weighted by atomic mass is 19.1. The van der Waals surface area contributed by atoms with Crippen molar-refractivity contribution in [3.8, 4) is 0 Å². The highest BCUT2D eigenvalue weighted by molar-refractivity contribution is 5.39. The molecule has 4 nitrogen and oxygen atoms in total. The quantitative estimate of drug-likeness (QED) is 0.824. The Morgan fingerprint density at radius 2 is 2.04 bits per heavy atom. The zero-order chi connectivity index (χ0) is 16.8. The molecule has 1 unspecified atom stereocenters. The SMILES string of the molecule is CC(C)N(C)c1ccc(CNCC(O)c2cccc(F)c2)cn1. The van der Waals surface area contributed by atoms with Gasteiger partial charge >= 0.3 is 0 Å². The predicted octanol–water partition coefficient (Wildman–Crippen LogP) is 2.89. The number of halogens is 1. The molecule has 0 aliphatic heterocycles. The largest absolute Gasteiger partial charge is 0.387 e. The Bertz CT molecular complexity index is 616. The van der Waals surface area contributed by atoms with E-state index in [4.69, 9.17) is 0 Å². The van der Waals surface area contributed by atoms with Crippen LogP contribution in [0.3, 0.4) is 0 Å². The van der Waals surface area contributed by atoms with Crippen LogP contribution in [0.4, 0.5) is 10.2 Å². The van der Waals surface area contributed by atoms with Gasteiger partial charge in [0.05, 0.1) is 6.10 Å². The maximum absolute atomic E-state index is 13.1. The molecule has 0 saturated heterocycles. The molecule has 1 aromatic carbocycles. The molecular weight excluding hydrogens is 293 g/mol. The lowest BCUT2D eigenvalue weighted by atomic mass is 10.1. The third kappa shape index (κ3) is 5.01. The van der Waals surface area contributed by atoms with Gasteiger partial charge in [0.25, 0.3) is 0 Å². The van der Waals surface area contributed by atoms with Crippen molar-refractivity contribution in [1.82, 2.24) is 10.3 Å².